The van der Waals surface area contributed by atoms with E-state index < -0.39 is 11.5 Å². The first-order valence-corrected chi connectivity index (χ1v) is 8.21. The van der Waals surface area contributed by atoms with Gasteiger partial charge in [-0.15, -0.1) is 0 Å². The quantitative estimate of drug-likeness (QED) is 0.537. The number of aromatic nitrogens is 2. The van der Waals surface area contributed by atoms with Gasteiger partial charge in [0.2, 0.25) is 0 Å². The Morgan fingerprint density at radius 1 is 1.59 bits per heavy atom. The smallest absolute Gasteiger partial charge is 0.291 e. The number of nitrogen functional groups attached to an aromatic ring is 1. The van der Waals surface area contributed by atoms with E-state index in [0.717, 1.165) is 6.42 Å². The largest absolute Gasteiger partial charge is 0.444 e. The highest BCUT2D eigenvalue weighted by molar-refractivity contribution is 9.10. The average molecular weight is 387 g/mol. The summed E-state index contributed by atoms with van der Waals surface area (Å²) in [6.07, 6.45) is 0.931. The predicted molar refractivity (Wildman–Crippen MR) is 89.2 cm³/mol. The Morgan fingerprint density at radius 2 is 2.32 bits per heavy atom. The Morgan fingerprint density at radius 3 is 2.86 bits per heavy atom. The summed E-state index contributed by atoms with van der Waals surface area (Å²) in [5.74, 6) is -0.552. The Balaban J connectivity index is 2.21. The molecule has 0 aliphatic carbocycles. The number of nitrogens with one attached hydrogen (secondary N) is 2. The van der Waals surface area contributed by atoms with Gasteiger partial charge in [0.15, 0.2) is 27.1 Å². The van der Waals surface area contributed by atoms with Gasteiger partial charge < -0.3 is 15.5 Å². The zero-order chi connectivity index (χ0) is 16.3. The molecule has 0 saturated heterocycles. The van der Waals surface area contributed by atoms with Gasteiger partial charge in [0, 0.05) is 5.25 Å². The first kappa shape index (κ1) is 16.6. The fourth-order valence-corrected chi connectivity index (χ4v) is 2.69. The summed E-state index contributed by atoms with van der Waals surface area (Å²) in [4.78, 5) is 30.7. The molecule has 118 valence electrons. The molecule has 0 fully saturated rings. The van der Waals surface area contributed by atoms with Crippen molar-refractivity contribution in [1.82, 2.24) is 9.97 Å². The van der Waals surface area contributed by atoms with Crippen LogP contribution < -0.4 is 16.6 Å². The summed E-state index contributed by atoms with van der Waals surface area (Å²) < 4.78 is 5.53. The van der Waals surface area contributed by atoms with Crippen LogP contribution in [0.3, 0.4) is 0 Å². The maximum Gasteiger partial charge on any atom is 0.291 e. The second-order valence-corrected chi connectivity index (χ2v) is 6.73. The minimum Gasteiger partial charge on any atom is -0.444 e. The molecule has 0 spiro atoms. The summed E-state index contributed by atoms with van der Waals surface area (Å²) in [6, 6.07) is 3.05. The highest BCUT2D eigenvalue weighted by Gasteiger charge is 2.17. The van der Waals surface area contributed by atoms with E-state index >= 15 is 0 Å². The number of nitrogens with zero attached hydrogens (tertiary/aromatic N) is 1. The molecule has 1 amide bonds. The van der Waals surface area contributed by atoms with Crippen LogP contribution in [0.4, 0.5) is 11.5 Å². The number of hydrogen-bond donors (Lipinski definition) is 3. The number of rotatable bonds is 5. The van der Waals surface area contributed by atoms with Crippen LogP contribution in [0.2, 0.25) is 0 Å². The van der Waals surface area contributed by atoms with E-state index in [1.165, 1.54) is 17.8 Å². The molecule has 2 heterocycles. The monoisotopic (exact) mass is 386 g/mol. The number of anilines is 2. The number of thioether (sulfide) groups is 1. The van der Waals surface area contributed by atoms with Crippen molar-refractivity contribution in [2.75, 3.05) is 11.1 Å². The van der Waals surface area contributed by atoms with Crippen molar-refractivity contribution >= 4 is 45.1 Å². The Bertz CT molecular complexity index is 743. The van der Waals surface area contributed by atoms with Crippen molar-refractivity contribution in [3.63, 3.8) is 0 Å². The molecular formula is C13H15BrN4O3S. The molecule has 0 aliphatic rings. The second kappa shape index (κ2) is 7.01. The first-order valence-electron chi connectivity index (χ1n) is 6.53. The van der Waals surface area contributed by atoms with Gasteiger partial charge in [-0.25, -0.2) is 4.98 Å². The number of H-pyrrole nitrogens is 1. The first-order chi connectivity index (χ1) is 10.4. The molecule has 0 saturated carbocycles. The van der Waals surface area contributed by atoms with Crippen molar-refractivity contribution in [3.8, 4) is 0 Å². The van der Waals surface area contributed by atoms with E-state index in [4.69, 9.17) is 10.2 Å². The Hall–Kier alpha value is -1.74. The minimum atomic E-state index is -0.577. The van der Waals surface area contributed by atoms with Gasteiger partial charge in [-0.05, 0) is 34.5 Å². The Kier molecular flexibility index (Phi) is 5.30. The SMILES string of the molecule is CC[C@@H](C)Sc1nc(N)c(NC(=O)c2ccc(Br)o2)c(=O)[nH]1. The van der Waals surface area contributed by atoms with Crippen LogP contribution in [-0.2, 0) is 0 Å². The van der Waals surface area contributed by atoms with Crippen LogP contribution >= 0.6 is 27.7 Å². The lowest BCUT2D eigenvalue weighted by Crippen LogP contribution is -2.23. The molecule has 0 aromatic carbocycles. The van der Waals surface area contributed by atoms with E-state index in [2.05, 4.69) is 31.2 Å². The third kappa shape index (κ3) is 3.92. The number of nitrogens with two attached hydrogens (primary N) is 1. The molecule has 2 aromatic rings. The second-order valence-electron chi connectivity index (χ2n) is 4.53. The normalized spacial score (nSPS) is 12.1. The van der Waals surface area contributed by atoms with Gasteiger partial charge in [-0.3, -0.25) is 14.6 Å². The van der Waals surface area contributed by atoms with Crippen molar-refractivity contribution < 1.29 is 9.21 Å². The zero-order valence-corrected chi connectivity index (χ0v) is 14.4. The molecule has 2 aromatic heterocycles. The molecule has 4 N–H and O–H groups in total. The molecule has 0 unspecified atom stereocenters. The number of carbonyl (C=O) groups excluding carboxylic acids is 1. The van der Waals surface area contributed by atoms with Gasteiger partial charge in [0.25, 0.3) is 11.5 Å². The molecule has 9 heteroatoms. The van der Waals surface area contributed by atoms with E-state index in [9.17, 15) is 9.59 Å². The van der Waals surface area contributed by atoms with Crippen LogP contribution in [0, 0.1) is 0 Å². The van der Waals surface area contributed by atoms with Gasteiger partial charge in [0.1, 0.15) is 0 Å². The number of furan rings is 1. The van der Waals surface area contributed by atoms with E-state index in [1.54, 1.807) is 6.07 Å². The molecular weight excluding hydrogens is 372 g/mol. The van der Waals surface area contributed by atoms with Crippen molar-refractivity contribution in [2.24, 2.45) is 0 Å². The van der Waals surface area contributed by atoms with Crippen LogP contribution in [0.25, 0.3) is 0 Å². The molecule has 7 nitrogen and oxygen atoms in total. The Labute approximate surface area is 139 Å². The number of amides is 1. The van der Waals surface area contributed by atoms with Gasteiger partial charge in [0.05, 0.1) is 0 Å². The van der Waals surface area contributed by atoms with E-state index in [1.807, 2.05) is 13.8 Å². The van der Waals surface area contributed by atoms with Crippen LogP contribution in [-0.4, -0.2) is 21.1 Å². The highest BCUT2D eigenvalue weighted by Crippen LogP contribution is 2.23. The maximum absolute atomic E-state index is 12.1. The third-order valence-corrected chi connectivity index (χ3v) is 4.43. The lowest BCUT2D eigenvalue weighted by Gasteiger charge is -2.10. The summed E-state index contributed by atoms with van der Waals surface area (Å²) in [5.41, 5.74) is 5.18. The zero-order valence-electron chi connectivity index (χ0n) is 12.0. The average Bonchev–Trinajstić information content (AvgIpc) is 2.89. The maximum atomic E-state index is 12.1. The predicted octanol–water partition coefficient (Wildman–Crippen LogP) is 2.85. The van der Waals surface area contributed by atoms with E-state index in [-0.39, 0.29) is 17.3 Å². The summed E-state index contributed by atoms with van der Waals surface area (Å²) in [6.45, 7) is 4.06. The van der Waals surface area contributed by atoms with Gasteiger partial charge in [-0.1, -0.05) is 25.6 Å². The molecule has 2 rings (SSSR count). The number of halogens is 1. The van der Waals surface area contributed by atoms with Crippen LogP contribution in [0.5, 0.6) is 0 Å². The molecule has 0 radical (unpaired) electrons. The number of carbonyl (C=O) groups is 1. The van der Waals surface area contributed by atoms with Crippen molar-refractivity contribution in [2.45, 2.75) is 30.7 Å². The highest BCUT2D eigenvalue weighted by atomic mass is 79.9. The minimum absolute atomic E-state index is 0.0338. The fraction of sp³-hybridized carbons (Fsp3) is 0.308. The molecule has 1 atom stereocenters. The molecule has 0 bridgehead atoms. The lowest BCUT2D eigenvalue weighted by molar-refractivity contribution is 0.0995. The fourth-order valence-electron chi connectivity index (χ4n) is 1.53. The van der Waals surface area contributed by atoms with Gasteiger partial charge >= 0.3 is 0 Å². The van der Waals surface area contributed by atoms with Crippen molar-refractivity contribution in [1.29, 1.82) is 0 Å². The molecule has 22 heavy (non-hydrogen) atoms. The van der Waals surface area contributed by atoms with Crippen molar-refractivity contribution in [3.05, 3.63) is 32.9 Å². The topological polar surface area (TPSA) is 114 Å². The molecule has 0 aliphatic heterocycles. The number of hydrogen-bond acceptors (Lipinski definition) is 6. The summed E-state index contributed by atoms with van der Waals surface area (Å²) >= 11 is 4.51. The van der Waals surface area contributed by atoms with Crippen LogP contribution in [0.15, 0.2) is 31.2 Å². The number of aromatic amines is 1. The van der Waals surface area contributed by atoms with E-state index in [0.29, 0.717) is 15.1 Å². The summed E-state index contributed by atoms with van der Waals surface area (Å²) in [7, 11) is 0. The van der Waals surface area contributed by atoms with Gasteiger partial charge in [-0.2, -0.15) is 0 Å². The third-order valence-electron chi connectivity index (χ3n) is 2.85. The standard InChI is InChI=1S/C13H15BrN4O3S/c1-3-6(2)22-13-17-10(15)9(12(20)18-13)16-11(19)7-4-5-8(14)21-7/h4-6H,3H2,1-2H3,(H,16,19)(H3,15,17,18,20)/t6-/m1/s1. The summed E-state index contributed by atoms with van der Waals surface area (Å²) in [5, 5.41) is 3.13. The lowest BCUT2D eigenvalue weighted by atomic mass is 10.4. The van der Waals surface area contributed by atoms with Crippen LogP contribution in [0.1, 0.15) is 30.8 Å².